The lowest BCUT2D eigenvalue weighted by Gasteiger charge is -2.08. The maximum absolute atomic E-state index is 13.5. The standard InChI is InChI=1S/C10H13FN2O6S2/c1-20(16,17)12-4-5-13-21(18,19)9-6-7(10(14)15)2-3-8(9)11/h2-3,6,12-13H,4-5H2,1H3,(H,14,15). The van der Waals surface area contributed by atoms with E-state index in [4.69, 9.17) is 5.11 Å². The first-order valence-corrected chi connectivity index (χ1v) is 8.87. The van der Waals surface area contributed by atoms with Crippen LogP contribution < -0.4 is 9.44 Å². The molecule has 0 heterocycles. The molecule has 0 radical (unpaired) electrons. The van der Waals surface area contributed by atoms with Crippen molar-refractivity contribution >= 4 is 26.0 Å². The van der Waals surface area contributed by atoms with Gasteiger partial charge in [0.1, 0.15) is 10.7 Å². The van der Waals surface area contributed by atoms with Crippen molar-refractivity contribution in [2.24, 2.45) is 0 Å². The summed E-state index contributed by atoms with van der Waals surface area (Å²) in [5.74, 6) is -2.51. The van der Waals surface area contributed by atoms with Crippen molar-refractivity contribution in [1.29, 1.82) is 0 Å². The number of carboxylic acids is 1. The second-order valence-corrected chi connectivity index (χ2v) is 7.58. The predicted molar refractivity (Wildman–Crippen MR) is 71.4 cm³/mol. The average molecular weight is 340 g/mol. The molecular weight excluding hydrogens is 327 g/mol. The first kappa shape index (κ1) is 17.5. The van der Waals surface area contributed by atoms with Crippen LogP contribution in [0.5, 0.6) is 0 Å². The molecule has 0 amide bonds. The Bertz CT molecular complexity index is 745. The van der Waals surface area contributed by atoms with Gasteiger partial charge >= 0.3 is 5.97 Å². The van der Waals surface area contributed by atoms with Gasteiger partial charge in [-0.2, -0.15) is 0 Å². The van der Waals surface area contributed by atoms with E-state index in [1.165, 1.54) is 0 Å². The summed E-state index contributed by atoms with van der Waals surface area (Å²) in [4.78, 5) is 9.93. The molecule has 0 aromatic heterocycles. The lowest BCUT2D eigenvalue weighted by atomic mass is 10.2. The molecule has 0 aliphatic carbocycles. The summed E-state index contributed by atoms with van der Waals surface area (Å²) < 4.78 is 62.8. The molecule has 21 heavy (non-hydrogen) atoms. The monoisotopic (exact) mass is 340 g/mol. The first-order valence-electron chi connectivity index (χ1n) is 5.50. The summed E-state index contributed by atoms with van der Waals surface area (Å²) >= 11 is 0. The van der Waals surface area contributed by atoms with E-state index in [1.54, 1.807) is 0 Å². The summed E-state index contributed by atoms with van der Waals surface area (Å²) in [7, 11) is -7.76. The largest absolute Gasteiger partial charge is 0.478 e. The molecule has 0 saturated heterocycles. The highest BCUT2D eigenvalue weighted by atomic mass is 32.2. The number of nitrogens with one attached hydrogen (secondary N) is 2. The van der Waals surface area contributed by atoms with Crippen LogP contribution in [0, 0.1) is 5.82 Å². The number of aromatic carboxylic acids is 1. The Balaban J connectivity index is 2.88. The van der Waals surface area contributed by atoms with Crippen molar-refractivity contribution < 1.29 is 31.1 Å². The Morgan fingerprint density at radius 1 is 1.19 bits per heavy atom. The molecule has 0 aliphatic heterocycles. The maximum Gasteiger partial charge on any atom is 0.335 e. The Morgan fingerprint density at radius 3 is 2.29 bits per heavy atom. The minimum Gasteiger partial charge on any atom is -0.478 e. The molecule has 0 saturated carbocycles. The molecule has 1 aromatic carbocycles. The number of halogens is 1. The first-order chi connectivity index (χ1) is 9.53. The smallest absolute Gasteiger partial charge is 0.335 e. The zero-order chi connectivity index (χ0) is 16.3. The minimum absolute atomic E-state index is 0.224. The molecule has 0 unspecified atom stereocenters. The molecule has 3 N–H and O–H groups in total. The van der Waals surface area contributed by atoms with Crippen LogP contribution in [0.3, 0.4) is 0 Å². The molecule has 0 bridgehead atoms. The van der Waals surface area contributed by atoms with Gasteiger partial charge in [0.15, 0.2) is 0 Å². The fourth-order valence-corrected chi connectivity index (χ4v) is 2.95. The topological polar surface area (TPSA) is 130 Å². The summed E-state index contributed by atoms with van der Waals surface area (Å²) in [5.41, 5.74) is -0.383. The summed E-state index contributed by atoms with van der Waals surface area (Å²) in [6.45, 7) is -0.537. The van der Waals surface area contributed by atoms with Crippen LogP contribution in [0.4, 0.5) is 4.39 Å². The van der Waals surface area contributed by atoms with Crippen LogP contribution in [-0.2, 0) is 20.0 Å². The number of carbonyl (C=O) groups is 1. The van der Waals surface area contributed by atoms with Gasteiger partial charge in [-0.3, -0.25) is 0 Å². The highest BCUT2D eigenvalue weighted by Crippen LogP contribution is 2.16. The van der Waals surface area contributed by atoms with Gasteiger partial charge in [0.2, 0.25) is 20.0 Å². The van der Waals surface area contributed by atoms with E-state index in [2.05, 4.69) is 0 Å². The maximum atomic E-state index is 13.5. The summed E-state index contributed by atoms with van der Waals surface area (Å²) in [5, 5.41) is 8.76. The fourth-order valence-electron chi connectivity index (χ4n) is 1.34. The average Bonchev–Trinajstić information content (AvgIpc) is 2.33. The number of sulfonamides is 2. The number of hydrogen-bond acceptors (Lipinski definition) is 5. The molecule has 118 valence electrons. The summed E-state index contributed by atoms with van der Waals surface area (Å²) in [6.07, 6.45) is 0.900. The molecule has 1 rings (SSSR count). The Morgan fingerprint density at radius 2 is 1.76 bits per heavy atom. The van der Waals surface area contributed by atoms with Crippen molar-refractivity contribution in [2.75, 3.05) is 19.3 Å². The highest BCUT2D eigenvalue weighted by Gasteiger charge is 2.20. The van der Waals surface area contributed by atoms with Gasteiger partial charge in [-0.25, -0.2) is 35.5 Å². The van der Waals surface area contributed by atoms with Crippen molar-refractivity contribution in [3.8, 4) is 0 Å². The van der Waals surface area contributed by atoms with Crippen molar-refractivity contribution in [3.63, 3.8) is 0 Å². The van der Waals surface area contributed by atoms with Crippen molar-refractivity contribution in [3.05, 3.63) is 29.6 Å². The number of benzene rings is 1. The molecular formula is C10H13FN2O6S2. The van der Waals surface area contributed by atoms with E-state index in [0.29, 0.717) is 6.07 Å². The number of hydrogen-bond donors (Lipinski definition) is 3. The van der Waals surface area contributed by atoms with Crippen LogP contribution in [0.2, 0.25) is 0 Å². The second-order valence-electron chi connectivity index (χ2n) is 4.01. The molecule has 0 spiro atoms. The van der Waals surface area contributed by atoms with Crippen LogP contribution in [0.1, 0.15) is 10.4 Å². The fraction of sp³-hybridized carbons (Fsp3) is 0.300. The quantitative estimate of drug-likeness (QED) is 0.566. The molecule has 1 aromatic rings. The predicted octanol–water partition coefficient (Wildman–Crippen LogP) is -0.649. The van der Waals surface area contributed by atoms with Gasteiger partial charge in [0, 0.05) is 13.1 Å². The zero-order valence-electron chi connectivity index (χ0n) is 10.8. The summed E-state index contributed by atoms with van der Waals surface area (Å²) in [6, 6.07) is 2.35. The molecule has 0 atom stereocenters. The third-order valence-electron chi connectivity index (χ3n) is 2.25. The zero-order valence-corrected chi connectivity index (χ0v) is 12.5. The van der Waals surface area contributed by atoms with E-state index in [-0.39, 0.29) is 18.7 Å². The van der Waals surface area contributed by atoms with Gasteiger partial charge in [0.25, 0.3) is 0 Å². The normalized spacial score (nSPS) is 12.3. The second kappa shape index (κ2) is 6.47. The van der Waals surface area contributed by atoms with Crippen molar-refractivity contribution in [2.45, 2.75) is 4.90 Å². The Labute approximate surface area is 121 Å². The molecule has 0 aliphatic rings. The van der Waals surface area contributed by atoms with E-state index in [9.17, 15) is 26.0 Å². The van der Waals surface area contributed by atoms with Crippen LogP contribution in [-0.4, -0.2) is 47.3 Å². The van der Waals surface area contributed by atoms with Gasteiger partial charge in [0.05, 0.1) is 11.8 Å². The van der Waals surface area contributed by atoms with Crippen LogP contribution >= 0.6 is 0 Å². The lowest BCUT2D eigenvalue weighted by Crippen LogP contribution is -2.34. The van der Waals surface area contributed by atoms with Crippen molar-refractivity contribution in [1.82, 2.24) is 9.44 Å². The highest BCUT2D eigenvalue weighted by molar-refractivity contribution is 7.89. The van der Waals surface area contributed by atoms with Crippen LogP contribution in [0.25, 0.3) is 0 Å². The van der Waals surface area contributed by atoms with Gasteiger partial charge in [-0.15, -0.1) is 0 Å². The van der Waals surface area contributed by atoms with Gasteiger partial charge in [-0.1, -0.05) is 0 Å². The van der Waals surface area contributed by atoms with E-state index in [1.807, 2.05) is 9.44 Å². The number of carboxylic acid groups (broad SMARTS) is 1. The van der Waals surface area contributed by atoms with E-state index >= 15 is 0 Å². The van der Waals surface area contributed by atoms with Crippen LogP contribution in [0.15, 0.2) is 23.1 Å². The van der Waals surface area contributed by atoms with Gasteiger partial charge in [-0.05, 0) is 18.2 Å². The van der Waals surface area contributed by atoms with E-state index < -0.39 is 36.7 Å². The molecule has 0 fully saturated rings. The molecule has 11 heteroatoms. The Kier molecular flexibility index (Phi) is 5.39. The lowest BCUT2D eigenvalue weighted by molar-refractivity contribution is 0.0696. The minimum atomic E-state index is -4.29. The SMILES string of the molecule is CS(=O)(=O)NCCNS(=O)(=O)c1cc(C(=O)O)ccc1F. The Hall–Kier alpha value is -1.56. The molecule has 8 nitrogen and oxygen atoms in total. The third-order valence-corrected chi connectivity index (χ3v) is 4.45. The third kappa shape index (κ3) is 5.38. The number of rotatable bonds is 7. The van der Waals surface area contributed by atoms with E-state index in [0.717, 1.165) is 18.4 Å². The van der Waals surface area contributed by atoms with Gasteiger partial charge < -0.3 is 5.11 Å².